The molecule has 2 aliphatic rings. The highest BCUT2D eigenvalue weighted by atomic mass is 16.7. The van der Waals surface area contributed by atoms with Crippen molar-refractivity contribution >= 4 is 23.1 Å². The van der Waals surface area contributed by atoms with E-state index in [9.17, 15) is 0 Å². The van der Waals surface area contributed by atoms with Gasteiger partial charge >= 0.3 is 0 Å². The predicted octanol–water partition coefficient (Wildman–Crippen LogP) is 3.61. The maximum atomic E-state index is 5.88. The van der Waals surface area contributed by atoms with Crippen molar-refractivity contribution in [3.05, 3.63) is 54.0 Å². The summed E-state index contributed by atoms with van der Waals surface area (Å²) in [7, 11) is 3.20. The highest BCUT2D eigenvalue weighted by Crippen LogP contribution is 2.36. The number of ether oxygens (including phenoxy) is 4. The summed E-state index contributed by atoms with van der Waals surface area (Å²) >= 11 is 0. The van der Waals surface area contributed by atoms with Gasteiger partial charge in [0.1, 0.15) is 5.82 Å². The second kappa shape index (κ2) is 8.60. The topological polar surface area (TPSA) is 99.7 Å². The first kappa shape index (κ1) is 20.5. The molecule has 9 nitrogen and oxygen atoms in total. The summed E-state index contributed by atoms with van der Waals surface area (Å²) in [6.45, 7) is 1.30. The molecule has 1 saturated heterocycles. The molecule has 32 heavy (non-hydrogen) atoms. The first-order valence-corrected chi connectivity index (χ1v) is 10.5. The van der Waals surface area contributed by atoms with Crippen molar-refractivity contribution in [2.45, 2.75) is 25.0 Å². The van der Waals surface area contributed by atoms with Crippen LogP contribution < -0.4 is 20.1 Å². The fourth-order valence-corrected chi connectivity index (χ4v) is 4.10. The largest absolute Gasteiger partial charge is 0.493 e. The predicted molar refractivity (Wildman–Crippen MR) is 119 cm³/mol. The van der Waals surface area contributed by atoms with Crippen molar-refractivity contribution in [3.8, 4) is 11.5 Å². The van der Waals surface area contributed by atoms with Crippen molar-refractivity contribution in [2.24, 2.45) is 0 Å². The number of nitrogens with zero attached hydrogens (tertiary/aromatic N) is 3. The van der Waals surface area contributed by atoms with Gasteiger partial charge in [-0.3, -0.25) is 4.98 Å². The van der Waals surface area contributed by atoms with E-state index in [-0.39, 0.29) is 0 Å². The van der Waals surface area contributed by atoms with Crippen LogP contribution in [0.15, 0.2) is 42.7 Å². The molecule has 2 aromatic heterocycles. The fraction of sp³-hybridized carbons (Fsp3) is 0.348. The molecule has 9 heteroatoms. The minimum atomic E-state index is -0.487. The van der Waals surface area contributed by atoms with Gasteiger partial charge in [0, 0.05) is 36.5 Å². The number of fused-ring (bicyclic) bond motifs is 1. The van der Waals surface area contributed by atoms with Crippen LogP contribution in [0.3, 0.4) is 0 Å². The minimum absolute atomic E-state index is 0.458. The number of rotatable bonds is 6. The monoisotopic (exact) mass is 435 g/mol. The summed E-state index contributed by atoms with van der Waals surface area (Å²) in [5.74, 6) is 1.91. The van der Waals surface area contributed by atoms with Gasteiger partial charge in [-0.25, -0.2) is 4.98 Å². The minimum Gasteiger partial charge on any atom is -0.493 e. The van der Waals surface area contributed by atoms with Crippen LogP contribution in [0.4, 0.5) is 23.1 Å². The van der Waals surface area contributed by atoms with E-state index in [4.69, 9.17) is 18.9 Å². The molecular formula is C23H25N5O4. The molecule has 0 saturated carbocycles. The summed E-state index contributed by atoms with van der Waals surface area (Å²) in [6, 6.07) is 9.44. The highest BCUT2D eigenvalue weighted by molar-refractivity contribution is 5.62. The van der Waals surface area contributed by atoms with Gasteiger partial charge < -0.3 is 29.6 Å². The Morgan fingerprint density at radius 2 is 1.78 bits per heavy atom. The quantitative estimate of drug-likeness (QED) is 0.601. The van der Waals surface area contributed by atoms with E-state index >= 15 is 0 Å². The Bertz CT molecular complexity index is 1120. The van der Waals surface area contributed by atoms with Crippen molar-refractivity contribution in [3.63, 3.8) is 0 Å². The molecule has 0 bridgehead atoms. The Morgan fingerprint density at radius 1 is 0.938 bits per heavy atom. The molecule has 1 fully saturated rings. The first-order valence-electron chi connectivity index (χ1n) is 10.5. The highest BCUT2D eigenvalue weighted by Gasteiger charge is 2.40. The smallest absolute Gasteiger partial charge is 0.229 e. The molecule has 3 aromatic rings. The molecule has 0 unspecified atom stereocenters. The number of anilines is 4. The van der Waals surface area contributed by atoms with Crippen molar-refractivity contribution in [1.29, 1.82) is 0 Å². The van der Waals surface area contributed by atoms with E-state index in [1.54, 1.807) is 20.4 Å². The second-order valence-electron chi connectivity index (χ2n) is 7.70. The lowest BCUT2D eigenvalue weighted by atomic mass is 9.90. The summed E-state index contributed by atoms with van der Waals surface area (Å²) in [4.78, 5) is 13.5. The summed E-state index contributed by atoms with van der Waals surface area (Å²) in [5.41, 5.74) is 3.88. The zero-order valence-corrected chi connectivity index (χ0v) is 18.1. The van der Waals surface area contributed by atoms with Crippen LogP contribution in [0.5, 0.6) is 11.5 Å². The Hall–Kier alpha value is -3.43. The molecule has 3 heterocycles. The molecule has 1 spiro atoms. The Morgan fingerprint density at radius 3 is 2.59 bits per heavy atom. The average Bonchev–Trinajstić information content (AvgIpc) is 3.26. The van der Waals surface area contributed by atoms with E-state index in [0.717, 1.165) is 35.5 Å². The zero-order valence-electron chi connectivity index (χ0n) is 18.1. The van der Waals surface area contributed by atoms with Gasteiger partial charge in [-0.1, -0.05) is 0 Å². The summed E-state index contributed by atoms with van der Waals surface area (Å²) in [6.07, 6.45) is 5.93. The molecule has 166 valence electrons. The number of hydrogen-bond acceptors (Lipinski definition) is 9. The SMILES string of the molecule is COc1ccc(Nc2nccc(Nc3cnc4c(c3)CC3(CC4)OCCO3)n2)cc1OC. The fourth-order valence-electron chi connectivity index (χ4n) is 4.10. The molecule has 1 aromatic carbocycles. The third-order valence-corrected chi connectivity index (χ3v) is 5.64. The second-order valence-corrected chi connectivity index (χ2v) is 7.70. The van der Waals surface area contributed by atoms with E-state index in [1.807, 2.05) is 30.5 Å². The van der Waals surface area contributed by atoms with Crippen LogP contribution in [-0.2, 0) is 22.3 Å². The van der Waals surface area contributed by atoms with Gasteiger partial charge in [-0.2, -0.15) is 4.98 Å². The van der Waals surface area contributed by atoms with Crippen LogP contribution in [0, 0.1) is 0 Å². The van der Waals surface area contributed by atoms with Crippen LogP contribution in [0.1, 0.15) is 17.7 Å². The van der Waals surface area contributed by atoms with Crippen LogP contribution in [0.25, 0.3) is 0 Å². The Kier molecular flexibility index (Phi) is 5.50. The van der Waals surface area contributed by atoms with Gasteiger partial charge in [0.05, 0.1) is 39.3 Å². The van der Waals surface area contributed by atoms with Gasteiger partial charge in [0.15, 0.2) is 17.3 Å². The normalized spacial score (nSPS) is 16.4. The number of aryl methyl sites for hydroxylation is 1. The average molecular weight is 435 g/mol. The maximum Gasteiger partial charge on any atom is 0.229 e. The number of aromatic nitrogens is 3. The Labute approximate surface area is 186 Å². The number of pyridine rings is 1. The lowest BCUT2D eigenvalue weighted by Gasteiger charge is -2.32. The van der Waals surface area contributed by atoms with E-state index in [2.05, 4.69) is 31.7 Å². The maximum absolute atomic E-state index is 5.88. The van der Waals surface area contributed by atoms with Gasteiger partial charge in [0.2, 0.25) is 5.95 Å². The Balaban J connectivity index is 1.31. The van der Waals surface area contributed by atoms with Crippen LogP contribution >= 0.6 is 0 Å². The van der Waals surface area contributed by atoms with Crippen molar-refractivity contribution in [2.75, 3.05) is 38.1 Å². The number of hydrogen-bond donors (Lipinski definition) is 2. The van der Waals surface area contributed by atoms with Crippen molar-refractivity contribution < 1.29 is 18.9 Å². The molecule has 0 radical (unpaired) electrons. The lowest BCUT2D eigenvalue weighted by Crippen LogP contribution is -2.37. The summed E-state index contributed by atoms with van der Waals surface area (Å²) < 4.78 is 22.4. The number of benzene rings is 1. The summed E-state index contributed by atoms with van der Waals surface area (Å²) in [5, 5.41) is 6.51. The molecule has 0 atom stereocenters. The molecule has 0 amide bonds. The third kappa shape index (κ3) is 4.17. The zero-order chi connectivity index (χ0) is 22.0. The van der Waals surface area contributed by atoms with E-state index in [0.29, 0.717) is 42.9 Å². The standard InChI is InChI=1S/C23H25N5O4/c1-29-19-4-3-16(12-20(19)30-2)27-22-24-8-6-21(28-22)26-17-11-15-13-23(31-9-10-32-23)7-5-18(15)25-14-17/h3-4,6,8,11-12,14H,5,7,9-10,13H2,1-2H3,(H2,24,26,27,28). The molecule has 5 rings (SSSR count). The van der Waals surface area contributed by atoms with E-state index < -0.39 is 5.79 Å². The number of methoxy groups -OCH3 is 2. The van der Waals surface area contributed by atoms with Gasteiger partial charge in [-0.05, 0) is 36.2 Å². The van der Waals surface area contributed by atoms with Gasteiger partial charge in [0.25, 0.3) is 0 Å². The van der Waals surface area contributed by atoms with Crippen molar-refractivity contribution in [1.82, 2.24) is 15.0 Å². The van der Waals surface area contributed by atoms with E-state index in [1.165, 1.54) is 0 Å². The molecule has 1 aliphatic carbocycles. The van der Waals surface area contributed by atoms with Gasteiger partial charge in [-0.15, -0.1) is 0 Å². The lowest BCUT2D eigenvalue weighted by molar-refractivity contribution is -0.164. The molecule has 2 N–H and O–H groups in total. The molecule has 1 aliphatic heterocycles. The van der Waals surface area contributed by atoms with Crippen LogP contribution in [-0.4, -0.2) is 48.2 Å². The first-order chi connectivity index (χ1) is 15.7. The van der Waals surface area contributed by atoms with Crippen LogP contribution in [0.2, 0.25) is 0 Å². The third-order valence-electron chi connectivity index (χ3n) is 5.64. The molecular weight excluding hydrogens is 410 g/mol. The number of nitrogens with one attached hydrogen (secondary N) is 2.